The zero-order valence-corrected chi connectivity index (χ0v) is 18.8. The first-order valence-corrected chi connectivity index (χ1v) is 12.2. The standard InChI is InChI=1S/C21H21N5O3S2/c1-4-14-10-23-20-25(12-15-11-22-13(2)30-15)19(27)17-9-16(5-6-18(17)26(14)20)31(28,29)24-21(3)7-8-21/h1,5-6,9,11,14,24H,7-8,10,12H2,2-3H3/t14-/m0/s1. The number of nitrogens with one attached hydrogen (secondary N) is 1. The summed E-state index contributed by atoms with van der Waals surface area (Å²) in [6, 6.07) is 4.28. The van der Waals surface area contributed by atoms with Crippen LogP contribution in [0.1, 0.15) is 40.0 Å². The summed E-state index contributed by atoms with van der Waals surface area (Å²) in [6.07, 6.45) is 9.07. The second kappa shape index (κ2) is 6.88. The molecule has 1 N–H and O–H groups in total. The maximum Gasteiger partial charge on any atom is 0.263 e. The molecule has 2 aromatic rings. The first-order valence-electron chi connectivity index (χ1n) is 9.92. The predicted molar refractivity (Wildman–Crippen MR) is 119 cm³/mol. The fraction of sp³-hybridized carbons (Fsp3) is 0.381. The highest BCUT2D eigenvalue weighted by atomic mass is 32.2. The summed E-state index contributed by atoms with van der Waals surface area (Å²) in [4.78, 5) is 26.6. The molecule has 1 saturated carbocycles. The summed E-state index contributed by atoms with van der Waals surface area (Å²) in [5, 5.41) is 0.902. The smallest absolute Gasteiger partial charge is 0.263 e. The topological polar surface area (TPSA) is 95.0 Å². The third-order valence-corrected chi connectivity index (χ3v) is 8.28. The number of terminal acetylenes is 1. The van der Waals surface area contributed by atoms with Crippen LogP contribution in [0.4, 0.5) is 5.69 Å². The minimum atomic E-state index is -3.74. The van der Waals surface area contributed by atoms with E-state index in [4.69, 9.17) is 6.42 Å². The van der Waals surface area contributed by atoms with Crippen molar-refractivity contribution in [2.45, 2.75) is 49.7 Å². The van der Waals surface area contributed by atoms with Crippen molar-refractivity contribution < 1.29 is 13.2 Å². The normalized spacial score (nSPS) is 21.4. The fourth-order valence-electron chi connectivity index (χ4n) is 3.83. The Balaban J connectivity index is 1.57. The van der Waals surface area contributed by atoms with Crippen LogP contribution >= 0.6 is 11.3 Å². The van der Waals surface area contributed by atoms with Crippen LogP contribution in [0.2, 0.25) is 0 Å². The number of aromatic nitrogens is 1. The number of anilines is 1. The molecule has 0 radical (unpaired) electrons. The number of aliphatic imine (C=N–C) groups is 1. The van der Waals surface area contributed by atoms with Crippen molar-refractivity contribution in [2.75, 3.05) is 11.4 Å². The molecular formula is C21H21N5O3S2. The van der Waals surface area contributed by atoms with Crippen LogP contribution in [-0.4, -0.2) is 48.3 Å². The Hall–Kier alpha value is -2.74. The molecule has 1 amide bonds. The highest BCUT2D eigenvalue weighted by molar-refractivity contribution is 7.89. The van der Waals surface area contributed by atoms with Crippen molar-refractivity contribution in [1.82, 2.24) is 14.6 Å². The number of benzene rings is 1. The third-order valence-electron chi connectivity index (χ3n) is 5.74. The maximum absolute atomic E-state index is 13.5. The van der Waals surface area contributed by atoms with E-state index in [0.29, 0.717) is 30.3 Å². The molecule has 10 heteroatoms. The quantitative estimate of drug-likeness (QED) is 0.697. The summed E-state index contributed by atoms with van der Waals surface area (Å²) in [6.45, 7) is 4.44. The molecule has 1 aliphatic carbocycles. The zero-order chi connectivity index (χ0) is 22.0. The van der Waals surface area contributed by atoms with Gasteiger partial charge in [0.2, 0.25) is 16.0 Å². The molecule has 0 saturated heterocycles. The molecule has 0 bridgehead atoms. The highest BCUT2D eigenvalue weighted by Crippen LogP contribution is 2.38. The Bertz CT molecular complexity index is 1270. The van der Waals surface area contributed by atoms with Gasteiger partial charge in [0.05, 0.1) is 34.2 Å². The highest BCUT2D eigenvalue weighted by Gasteiger charge is 2.44. The largest absolute Gasteiger partial charge is 0.295 e. The van der Waals surface area contributed by atoms with Gasteiger partial charge in [-0.15, -0.1) is 17.8 Å². The lowest BCUT2D eigenvalue weighted by Crippen LogP contribution is -2.52. The SMILES string of the molecule is C#C[C@H]1CN=C2N(Cc3cnc(C)s3)C(=O)c3cc(S(=O)(=O)NC4(C)CC4)ccc3N21. The fourth-order valence-corrected chi connectivity index (χ4v) is 6.11. The van der Waals surface area contributed by atoms with Gasteiger partial charge in [0, 0.05) is 16.6 Å². The van der Waals surface area contributed by atoms with Gasteiger partial charge >= 0.3 is 0 Å². The molecule has 0 unspecified atom stereocenters. The van der Waals surface area contributed by atoms with E-state index in [2.05, 4.69) is 20.6 Å². The van der Waals surface area contributed by atoms with Crippen molar-refractivity contribution in [1.29, 1.82) is 0 Å². The first-order chi connectivity index (χ1) is 14.7. The van der Waals surface area contributed by atoms with Crippen molar-refractivity contribution in [3.63, 3.8) is 0 Å². The van der Waals surface area contributed by atoms with E-state index in [1.165, 1.54) is 23.5 Å². The molecule has 3 heterocycles. The second-order valence-corrected chi connectivity index (χ2v) is 11.3. The van der Waals surface area contributed by atoms with Gasteiger partial charge in [-0.2, -0.15) is 0 Å². The second-order valence-electron chi connectivity index (χ2n) is 8.28. The average Bonchev–Trinajstić information content (AvgIpc) is 3.12. The Labute approximate surface area is 185 Å². The molecule has 0 spiro atoms. The molecule has 160 valence electrons. The van der Waals surface area contributed by atoms with Crippen molar-refractivity contribution in [3.05, 3.63) is 39.8 Å². The summed E-state index contributed by atoms with van der Waals surface area (Å²) < 4.78 is 28.5. The minimum Gasteiger partial charge on any atom is -0.295 e. The van der Waals surface area contributed by atoms with Gasteiger partial charge in [0.25, 0.3) is 5.91 Å². The zero-order valence-electron chi connectivity index (χ0n) is 17.1. The molecule has 1 aromatic carbocycles. The first kappa shape index (κ1) is 20.2. The van der Waals surface area contributed by atoms with Crippen molar-refractivity contribution in [2.24, 2.45) is 4.99 Å². The number of aryl methyl sites for hydroxylation is 1. The molecule has 1 fully saturated rings. The Morgan fingerprint density at radius 3 is 2.81 bits per heavy atom. The van der Waals surface area contributed by atoms with E-state index in [-0.39, 0.29) is 16.8 Å². The summed E-state index contributed by atoms with van der Waals surface area (Å²) >= 11 is 1.50. The number of thiazole rings is 1. The lowest BCUT2D eigenvalue weighted by atomic mass is 10.1. The summed E-state index contributed by atoms with van der Waals surface area (Å²) in [5.74, 6) is 2.91. The summed E-state index contributed by atoms with van der Waals surface area (Å²) in [7, 11) is -3.74. The number of guanidine groups is 1. The number of carbonyl (C=O) groups excluding carboxylic acids is 1. The number of sulfonamides is 1. The number of carbonyl (C=O) groups is 1. The van der Waals surface area contributed by atoms with Gasteiger partial charge in [0.15, 0.2) is 0 Å². The molecule has 31 heavy (non-hydrogen) atoms. The van der Waals surface area contributed by atoms with Crippen LogP contribution in [0.25, 0.3) is 0 Å². The van der Waals surface area contributed by atoms with Gasteiger partial charge in [-0.05, 0) is 44.9 Å². The number of fused-ring (bicyclic) bond motifs is 3. The molecule has 3 aliphatic rings. The average molecular weight is 456 g/mol. The van der Waals surface area contributed by atoms with Gasteiger partial charge in [0.1, 0.15) is 6.04 Å². The predicted octanol–water partition coefficient (Wildman–Crippen LogP) is 2.12. The van der Waals surface area contributed by atoms with Crippen LogP contribution in [0.15, 0.2) is 34.3 Å². The van der Waals surface area contributed by atoms with Crippen LogP contribution in [-0.2, 0) is 16.6 Å². The lowest BCUT2D eigenvalue weighted by Gasteiger charge is -2.37. The summed E-state index contributed by atoms with van der Waals surface area (Å²) in [5.41, 5.74) is 0.474. The van der Waals surface area contributed by atoms with Gasteiger partial charge in [-0.1, -0.05) is 5.92 Å². The molecule has 1 atom stereocenters. The number of hydrogen-bond donors (Lipinski definition) is 1. The number of hydrogen-bond acceptors (Lipinski definition) is 7. The monoisotopic (exact) mass is 455 g/mol. The van der Waals surface area contributed by atoms with E-state index >= 15 is 0 Å². The Kier molecular flexibility index (Phi) is 4.48. The molecular weight excluding hydrogens is 434 g/mol. The molecule has 2 aliphatic heterocycles. The van der Waals surface area contributed by atoms with Crippen LogP contribution in [0, 0.1) is 19.3 Å². The molecule has 8 nitrogen and oxygen atoms in total. The lowest BCUT2D eigenvalue weighted by molar-refractivity contribution is 0.0834. The van der Waals surface area contributed by atoms with Gasteiger partial charge in [-0.25, -0.2) is 23.1 Å². The number of amides is 1. The minimum absolute atomic E-state index is 0.0677. The van der Waals surface area contributed by atoms with E-state index in [1.807, 2.05) is 18.7 Å². The Morgan fingerprint density at radius 2 is 2.16 bits per heavy atom. The number of rotatable bonds is 5. The van der Waals surface area contributed by atoms with Crippen molar-refractivity contribution in [3.8, 4) is 12.3 Å². The van der Waals surface area contributed by atoms with E-state index in [9.17, 15) is 13.2 Å². The van der Waals surface area contributed by atoms with E-state index in [0.717, 1.165) is 22.7 Å². The third kappa shape index (κ3) is 3.43. The molecule has 1 aromatic heterocycles. The maximum atomic E-state index is 13.5. The van der Waals surface area contributed by atoms with Crippen LogP contribution in [0.3, 0.4) is 0 Å². The van der Waals surface area contributed by atoms with E-state index in [1.54, 1.807) is 17.2 Å². The van der Waals surface area contributed by atoms with Crippen molar-refractivity contribution >= 4 is 38.9 Å². The number of nitrogens with zero attached hydrogens (tertiary/aromatic N) is 4. The van der Waals surface area contributed by atoms with Gasteiger partial charge < -0.3 is 0 Å². The Morgan fingerprint density at radius 1 is 1.39 bits per heavy atom. The van der Waals surface area contributed by atoms with E-state index < -0.39 is 15.6 Å². The van der Waals surface area contributed by atoms with Crippen LogP contribution < -0.4 is 9.62 Å². The molecule has 5 rings (SSSR count). The van der Waals surface area contributed by atoms with Crippen LogP contribution in [0.5, 0.6) is 0 Å². The van der Waals surface area contributed by atoms with Gasteiger partial charge in [-0.3, -0.25) is 14.6 Å².